The molecule has 1 N–H and O–H groups in total. The Kier molecular flexibility index (Phi) is 3.48. The van der Waals surface area contributed by atoms with Gasteiger partial charge < -0.3 is 14.3 Å². The first-order valence-corrected chi connectivity index (χ1v) is 10.3. The van der Waals surface area contributed by atoms with Gasteiger partial charge >= 0.3 is 5.97 Å². The molecule has 4 nitrogen and oxygen atoms in total. The van der Waals surface area contributed by atoms with Crippen molar-refractivity contribution in [2.75, 3.05) is 6.61 Å². The Morgan fingerprint density at radius 3 is 3.00 bits per heavy atom. The summed E-state index contributed by atoms with van der Waals surface area (Å²) in [5.41, 5.74) is 1.15. The molecule has 0 amide bonds. The highest BCUT2D eigenvalue weighted by atomic mass is 16.5. The molecule has 4 aliphatic carbocycles. The molecule has 6 atom stereocenters. The summed E-state index contributed by atoms with van der Waals surface area (Å²) in [5, 5.41) is 11.4. The average molecular weight is 358 g/mol. The summed E-state index contributed by atoms with van der Waals surface area (Å²) in [6.45, 7) is 4.11. The minimum absolute atomic E-state index is 0.174. The van der Waals surface area contributed by atoms with Gasteiger partial charge in [-0.05, 0) is 85.2 Å². The Bertz CT molecular complexity index is 738. The number of carbonyl (C=O) groups excluding carboxylic acids is 1. The second kappa shape index (κ2) is 5.37. The SMILES string of the molecule is CC(=O)OC[C@]1(O)C[C@@]23CC[C@@H]4c5ccoc5CC[C@@]4(C)[C@H]2CC[C@@H]1C3. The van der Waals surface area contributed by atoms with Gasteiger partial charge in [-0.1, -0.05) is 6.92 Å². The number of aryl methyl sites for hydroxylation is 1. The fraction of sp³-hybridized carbons (Fsp3) is 0.773. The number of carbonyl (C=O) groups is 1. The molecule has 1 aromatic rings. The molecule has 3 fully saturated rings. The highest BCUT2D eigenvalue weighted by Crippen LogP contribution is 2.72. The van der Waals surface area contributed by atoms with Crippen LogP contribution in [0.2, 0.25) is 0 Å². The van der Waals surface area contributed by atoms with Crippen LogP contribution in [-0.2, 0) is 16.0 Å². The van der Waals surface area contributed by atoms with E-state index in [0.717, 1.165) is 25.7 Å². The number of hydrogen-bond acceptors (Lipinski definition) is 4. The van der Waals surface area contributed by atoms with Crippen molar-refractivity contribution in [2.45, 2.75) is 76.7 Å². The molecule has 4 aliphatic rings. The molecule has 5 rings (SSSR count). The standard InChI is InChI=1S/C22H30O4/c1-14(23)26-13-22(24)12-21-9-5-17-16-7-10-25-18(16)6-8-20(17,2)19(21)4-3-15(22)11-21/h7,10,15,17,19,24H,3-6,8-9,11-13H2,1-2H3/t15-,17-,19-,20-,21+,22-/m1/s1. The third kappa shape index (κ3) is 2.14. The summed E-state index contributed by atoms with van der Waals surface area (Å²) in [6, 6.07) is 2.20. The maximum atomic E-state index is 11.4. The fourth-order valence-corrected chi connectivity index (χ4v) is 7.72. The van der Waals surface area contributed by atoms with E-state index in [1.54, 1.807) is 0 Å². The smallest absolute Gasteiger partial charge is 0.302 e. The maximum absolute atomic E-state index is 11.4. The third-order valence-corrected chi connectivity index (χ3v) is 8.71. The number of esters is 1. The van der Waals surface area contributed by atoms with Gasteiger partial charge in [0.25, 0.3) is 0 Å². The number of furan rings is 1. The average Bonchev–Trinajstić information content (AvgIpc) is 3.14. The fourth-order valence-electron chi connectivity index (χ4n) is 7.72. The third-order valence-electron chi connectivity index (χ3n) is 8.71. The quantitative estimate of drug-likeness (QED) is 0.805. The largest absolute Gasteiger partial charge is 0.469 e. The van der Waals surface area contributed by atoms with Gasteiger partial charge in [-0.2, -0.15) is 0 Å². The van der Waals surface area contributed by atoms with E-state index >= 15 is 0 Å². The van der Waals surface area contributed by atoms with E-state index in [2.05, 4.69) is 13.0 Å². The van der Waals surface area contributed by atoms with E-state index in [4.69, 9.17) is 9.15 Å². The lowest BCUT2D eigenvalue weighted by molar-refractivity contribution is -0.151. The molecule has 0 saturated heterocycles. The van der Waals surface area contributed by atoms with Crippen molar-refractivity contribution in [1.29, 1.82) is 0 Å². The lowest BCUT2D eigenvalue weighted by Crippen LogP contribution is -2.51. The topological polar surface area (TPSA) is 59.7 Å². The summed E-state index contributed by atoms with van der Waals surface area (Å²) in [4.78, 5) is 11.3. The summed E-state index contributed by atoms with van der Waals surface area (Å²) < 4.78 is 11.0. The van der Waals surface area contributed by atoms with E-state index in [9.17, 15) is 9.90 Å². The van der Waals surface area contributed by atoms with Crippen LogP contribution in [0.25, 0.3) is 0 Å². The zero-order chi connectivity index (χ0) is 18.2. The van der Waals surface area contributed by atoms with Crippen LogP contribution in [0.1, 0.15) is 76.0 Å². The van der Waals surface area contributed by atoms with Crippen LogP contribution >= 0.6 is 0 Å². The number of rotatable bonds is 2. The predicted molar refractivity (Wildman–Crippen MR) is 96.6 cm³/mol. The lowest BCUT2D eigenvalue weighted by atomic mass is 9.45. The van der Waals surface area contributed by atoms with Crippen LogP contribution in [0.3, 0.4) is 0 Å². The van der Waals surface area contributed by atoms with Gasteiger partial charge in [0.05, 0.1) is 6.26 Å². The van der Waals surface area contributed by atoms with Gasteiger partial charge in [-0.25, -0.2) is 0 Å². The van der Waals surface area contributed by atoms with E-state index in [-0.39, 0.29) is 23.9 Å². The van der Waals surface area contributed by atoms with E-state index in [0.29, 0.717) is 17.3 Å². The summed E-state index contributed by atoms with van der Waals surface area (Å²) in [6.07, 6.45) is 10.7. The van der Waals surface area contributed by atoms with Gasteiger partial charge in [-0.15, -0.1) is 0 Å². The molecule has 1 aromatic heterocycles. The predicted octanol–water partition coefficient (Wildman–Crippen LogP) is 4.21. The molecule has 142 valence electrons. The van der Waals surface area contributed by atoms with Gasteiger partial charge in [0.15, 0.2) is 0 Å². The molecule has 1 heterocycles. The summed E-state index contributed by atoms with van der Waals surface area (Å²) in [5.74, 6) is 2.45. The highest BCUT2D eigenvalue weighted by molar-refractivity contribution is 5.66. The molecule has 1 spiro atoms. The zero-order valence-electron chi connectivity index (χ0n) is 15.9. The van der Waals surface area contributed by atoms with Crippen LogP contribution in [0.4, 0.5) is 0 Å². The van der Waals surface area contributed by atoms with Gasteiger partial charge in [0.2, 0.25) is 0 Å². The zero-order valence-corrected chi connectivity index (χ0v) is 15.9. The Morgan fingerprint density at radius 1 is 1.35 bits per heavy atom. The molecule has 0 radical (unpaired) electrons. The van der Waals surface area contributed by atoms with Crippen LogP contribution in [-0.4, -0.2) is 23.3 Å². The molecule has 3 saturated carbocycles. The Hall–Kier alpha value is -1.29. The van der Waals surface area contributed by atoms with E-state index in [1.165, 1.54) is 43.9 Å². The first kappa shape index (κ1) is 16.9. The van der Waals surface area contributed by atoms with Gasteiger partial charge in [-0.3, -0.25) is 4.79 Å². The molecule has 2 bridgehead atoms. The van der Waals surface area contributed by atoms with Crippen molar-refractivity contribution < 1.29 is 19.1 Å². The molecule has 0 unspecified atom stereocenters. The van der Waals surface area contributed by atoms with Crippen molar-refractivity contribution in [1.82, 2.24) is 0 Å². The number of ether oxygens (including phenoxy) is 1. The second-order valence-corrected chi connectivity index (χ2v) is 9.85. The van der Waals surface area contributed by atoms with Crippen LogP contribution in [0.15, 0.2) is 16.7 Å². The number of fused-ring (bicyclic) bond motifs is 5. The maximum Gasteiger partial charge on any atom is 0.302 e. The monoisotopic (exact) mass is 358 g/mol. The molecule has 0 aliphatic heterocycles. The van der Waals surface area contributed by atoms with Crippen LogP contribution in [0, 0.1) is 22.7 Å². The van der Waals surface area contributed by atoms with Gasteiger partial charge in [0, 0.05) is 13.3 Å². The molecule has 26 heavy (non-hydrogen) atoms. The van der Waals surface area contributed by atoms with Crippen molar-refractivity contribution in [3.05, 3.63) is 23.7 Å². The molecule has 4 heteroatoms. The van der Waals surface area contributed by atoms with Crippen molar-refractivity contribution in [2.24, 2.45) is 22.7 Å². The molecular formula is C22H30O4. The van der Waals surface area contributed by atoms with Gasteiger partial charge in [0.1, 0.15) is 18.0 Å². The normalized spacial score (nSPS) is 46.2. The summed E-state index contributed by atoms with van der Waals surface area (Å²) >= 11 is 0. The number of hydrogen-bond donors (Lipinski definition) is 1. The minimum Gasteiger partial charge on any atom is -0.469 e. The van der Waals surface area contributed by atoms with Crippen LogP contribution < -0.4 is 0 Å². The lowest BCUT2D eigenvalue weighted by Gasteiger charge is -2.59. The molecular weight excluding hydrogens is 328 g/mol. The molecule has 0 aromatic carbocycles. The van der Waals surface area contributed by atoms with E-state index in [1.807, 2.05) is 6.26 Å². The Labute approximate surface area is 155 Å². The van der Waals surface area contributed by atoms with E-state index < -0.39 is 5.60 Å². The number of aliphatic hydroxyl groups is 1. The minimum atomic E-state index is -0.820. The first-order chi connectivity index (χ1) is 12.4. The Balaban J connectivity index is 1.47. The highest BCUT2D eigenvalue weighted by Gasteiger charge is 2.66. The second-order valence-electron chi connectivity index (χ2n) is 9.85. The van der Waals surface area contributed by atoms with Crippen molar-refractivity contribution >= 4 is 5.97 Å². The summed E-state index contributed by atoms with van der Waals surface area (Å²) in [7, 11) is 0. The van der Waals surface area contributed by atoms with Crippen molar-refractivity contribution in [3.63, 3.8) is 0 Å². The van der Waals surface area contributed by atoms with Crippen molar-refractivity contribution in [3.8, 4) is 0 Å². The first-order valence-electron chi connectivity index (χ1n) is 10.3. The van der Waals surface area contributed by atoms with Crippen LogP contribution in [0.5, 0.6) is 0 Å². The Morgan fingerprint density at radius 2 is 2.19 bits per heavy atom.